The van der Waals surface area contributed by atoms with E-state index in [-0.39, 0.29) is 0 Å². The molecule has 0 aromatic heterocycles. The molecule has 0 unspecified atom stereocenters. The maximum atomic E-state index is 10.2. The normalized spacial score (nSPS) is 38.1. The molecule has 2 nitrogen and oxygen atoms in total. The SMILES string of the molecule is C=CC[C@@]1(O)CCN(C)C[C@@H]1C. The molecule has 70 valence electrons. The van der Waals surface area contributed by atoms with Gasteiger partial charge in [0, 0.05) is 13.1 Å². The van der Waals surface area contributed by atoms with Crippen LogP contribution >= 0.6 is 0 Å². The standard InChI is InChI=1S/C10H19NO/c1-4-5-10(12)6-7-11(3)8-9(10)2/h4,9,12H,1,5-8H2,2-3H3/t9-,10+/m0/s1. The largest absolute Gasteiger partial charge is 0.389 e. The van der Waals surface area contributed by atoms with Crippen molar-refractivity contribution in [3.63, 3.8) is 0 Å². The third-order valence-electron chi connectivity index (χ3n) is 2.93. The highest BCUT2D eigenvalue weighted by Crippen LogP contribution is 2.30. The molecule has 0 saturated carbocycles. The Morgan fingerprint density at radius 1 is 1.75 bits per heavy atom. The van der Waals surface area contributed by atoms with E-state index in [0.29, 0.717) is 5.92 Å². The summed E-state index contributed by atoms with van der Waals surface area (Å²) in [5.74, 6) is 0.356. The molecule has 1 aliphatic heterocycles. The Labute approximate surface area is 74.9 Å². The van der Waals surface area contributed by atoms with Gasteiger partial charge < -0.3 is 10.0 Å². The van der Waals surface area contributed by atoms with Crippen LogP contribution in [-0.4, -0.2) is 35.7 Å². The Kier molecular flexibility index (Phi) is 2.91. The second-order valence-corrected chi connectivity index (χ2v) is 4.01. The molecule has 0 spiro atoms. The number of hydrogen-bond acceptors (Lipinski definition) is 2. The van der Waals surface area contributed by atoms with Gasteiger partial charge in [-0.05, 0) is 25.8 Å². The van der Waals surface area contributed by atoms with Crippen LogP contribution in [-0.2, 0) is 0 Å². The highest BCUT2D eigenvalue weighted by Gasteiger charge is 2.36. The van der Waals surface area contributed by atoms with E-state index >= 15 is 0 Å². The predicted octanol–water partition coefficient (Wildman–Crippen LogP) is 1.27. The molecule has 2 atom stereocenters. The van der Waals surface area contributed by atoms with E-state index in [0.717, 1.165) is 25.9 Å². The molecule has 1 fully saturated rings. The summed E-state index contributed by atoms with van der Waals surface area (Å²) >= 11 is 0. The first kappa shape index (κ1) is 9.75. The molecule has 0 aromatic carbocycles. The van der Waals surface area contributed by atoms with Crippen molar-refractivity contribution in [2.24, 2.45) is 5.92 Å². The Morgan fingerprint density at radius 3 is 2.92 bits per heavy atom. The van der Waals surface area contributed by atoms with Crippen molar-refractivity contribution in [3.05, 3.63) is 12.7 Å². The first-order valence-electron chi connectivity index (χ1n) is 4.60. The highest BCUT2D eigenvalue weighted by atomic mass is 16.3. The van der Waals surface area contributed by atoms with E-state index in [9.17, 15) is 5.11 Å². The summed E-state index contributed by atoms with van der Waals surface area (Å²) in [4.78, 5) is 2.27. The summed E-state index contributed by atoms with van der Waals surface area (Å²) in [6, 6.07) is 0. The summed E-state index contributed by atoms with van der Waals surface area (Å²) in [6.45, 7) is 7.78. The molecule has 1 rings (SSSR count). The highest BCUT2D eigenvalue weighted by molar-refractivity contribution is 4.94. The van der Waals surface area contributed by atoms with Gasteiger partial charge >= 0.3 is 0 Å². The van der Waals surface area contributed by atoms with Gasteiger partial charge in [0.25, 0.3) is 0 Å². The van der Waals surface area contributed by atoms with Crippen molar-refractivity contribution in [2.75, 3.05) is 20.1 Å². The molecule has 0 radical (unpaired) electrons. The maximum absolute atomic E-state index is 10.2. The number of piperidine rings is 1. The molecule has 0 aliphatic carbocycles. The van der Waals surface area contributed by atoms with Crippen molar-refractivity contribution < 1.29 is 5.11 Å². The average molecular weight is 169 g/mol. The Bertz CT molecular complexity index is 169. The van der Waals surface area contributed by atoms with Crippen LogP contribution in [0.5, 0.6) is 0 Å². The van der Waals surface area contributed by atoms with Gasteiger partial charge in [-0.2, -0.15) is 0 Å². The minimum atomic E-state index is -0.492. The summed E-state index contributed by atoms with van der Waals surface area (Å²) in [5.41, 5.74) is -0.492. The first-order chi connectivity index (χ1) is 5.58. The fourth-order valence-corrected chi connectivity index (χ4v) is 1.91. The van der Waals surface area contributed by atoms with Gasteiger partial charge in [-0.3, -0.25) is 0 Å². The molecule has 1 aliphatic rings. The van der Waals surface area contributed by atoms with Crippen LogP contribution in [0.4, 0.5) is 0 Å². The zero-order valence-electron chi connectivity index (χ0n) is 8.08. The van der Waals surface area contributed by atoms with Gasteiger partial charge in [0.15, 0.2) is 0 Å². The maximum Gasteiger partial charge on any atom is 0.0731 e. The van der Waals surface area contributed by atoms with E-state index < -0.39 is 5.60 Å². The van der Waals surface area contributed by atoms with E-state index in [4.69, 9.17) is 0 Å². The fraction of sp³-hybridized carbons (Fsp3) is 0.800. The lowest BCUT2D eigenvalue weighted by Gasteiger charge is -2.41. The van der Waals surface area contributed by atoms with Gasteiger partial charge in [0.05, 0.1) is 5.60 Å². The van der Waals surface area contributed by atoms with E-state index in [1.807, 2.05) is 6.08 Å². The Hall–Kier alpha value is -0.340. The van der Waals surface area contributed by atoms with Crippen molar-refractivity contribution in [3.8, 4) is 0 Å². The average Bonchev–Trinajstić information content (AvgIpc) is 1.99. The molecule has 0 amide bonds. The zero-order valence-corrected chi connectivity index (χ0v) is 8.08. The fourth-order valence-electron chi connectivity index (χ4n) is 1.91. The van der Waals surface area contributed by atoms with Crippen LogP contribution in [0.15, 0.2) is 12.7 Å². The molecular formula is C10H19NO. The van der Waals surface area contributed by atoms with Crippen LogP contribution < -0.4 is 0 Å². The summed E-state index contributed by atoms with van der Waals surface area (Å²) in [7, 11) is 2.10. The van der Waals surface area contributed by atoms with Crippen LogP contribution in [0.1, 0.15) is 19.8 Å². The number of rotatable bonds is 2. The quantitative estimate of drug-likeness (QED) is 0.629. The van der Waals surface area contributed by atoms with Crippen LogP contribution in [0.25, 0.3) is 0 Å². The minimum absolute atomic E-state index is 0.356. The monoisotopic (exact) mass is 169 g/mol. The third kappa shape index (κ3) is 1.87. The molecule has 0 bridgehead atoms. The second-order valence-electron chi connectivity index (χ2n) is 4.01. The lowest BCUT2D eigenvalue weighted by atomic mass is 9.80. The molecule has 1 N–H and O–H groups in total. The Morgan fingerprint density at radius 2 is 2.42 bits per heavy atom. The number of hydrogen-bond donors (Lipinski definition) is 1. The van der Waals surface area contributed by atoms with Crippen LogP contribution in [0.3, 0.4) is 0 Å². The van der Waals surface area contributed by atoms with Crippen molar-refractivity contribution >= 4 is 0 Å². The smallest absolute Gasteiger partial charge is 0.0731 e. The minimum Gasteiger partial charge on any atom is -0.389 e. The number of likely N-dealkylation sites (tertiary alicyclic amines) is 1. The van der Waals surface area contributed by atoms with Gasteiger partial charge in [-0.15, -0.1) is 6.58 Å². The molecule has 12 heavy (non-hydrogen) atoms. The lowest BCUT2D eigenvalue weighted by molar-refractivity contribution is -0.0574. The van der Waals surface area contributed by atoms with E-state index in [1.165, 1.54) is 0 Å². The Balaban J connectivity index is 2.59. The lowest BCUT2D eigenvalue weighted by Crippen LogP contribution is -2.49. The molecule has 1 saturated heterocycles. The summed E-state index contributed by atoms with van der Waals surface area (Å²) in [5, 5.41) is 10.2. The van der Waals surface area contributed by atoms with Crippen molar-refractivity contribution in [1.82, 2.24) is 4.90 Å². The van der Waals surface area contributed by atoms with Gasteiger partial charge in [-0.25, -0.2) is 0 Å². The molecular weight excluding hydrogens is 150 g/mol. The third-order valence-corrected chi connectivity index (χ3v) is 2.93. The summed E-state index contributed by atoms with van der Waals surface area (Å²) < 4.78 is 0. The molecule has 2 heteroatoms. The molecule has 0 aromatic rings. The van der Waals surface area contributed by atoms with E-state index in [2.05, 4.69) is 25.5 Å². The first-order valence-corrected chi connectivity index (χ1v) is 4.60. The van der Waals surface area contributed by atoms with Crippen molar-refractivity contribution in [1.29, 1.82) is 0 Å². The van der Waals surface area contributed by atoms with Crippen LogP contribution in [0, 0.1) is 5.92 Å². The van der Waals surface area contributed by atoms with E-state index in [1.54, 1.807) is 0 Å². The van der Waals surface area contributed by atoms with Gasteiger partial charge in [0.2, 0.25) is 0 Å². The zero-order chi connectivity index (χ0) is 9.19. The predicted molar refractivity (Wildman–Crippen MR) is 51.0 cm³/mol. The van der Waals surface area contributed by atoms with Crippen molar-refractivity contribution in [2.45, 2.75) is 25.4 Å². The van der Waals surface area contributed by atoms with Gasteiger partial charge in [-0.1, -0.05) is 13.0 Å². The summed E-state index contributed by atoms with van der Waals surface area (Å²) in [6.07, 6.45) is 3.42. The number of nitrogens with zero attached hydrogens (tertiary/aromatic N) is 1. The van der Waals surface area contributed by atoms with Crippen LogP contribution in [0.2, 0.25) is 0 Å². The van der Waals surface area contributed by atoms with Gasteiger partial charge in [0.1, 0.15) is 0 Å². The second kappa shape index (κ2) is 3.58. The molecule has 1 heterocycles. The number of aliphatic hydroxyl groups is 1. The topological polar surface area (TPSA) is 23.5 Å².